The summed E-state index contributed by atoms with van der Waals surface area (Å²) in [5.74, 6) is -0.501. The van der Waals surface area contributed by atoms with Gasteiger partial charge in [0.25, 0.3) is 0 Å². The minimum atomic E-state index is -4.96. The number of ether oxygens (including phenoxy) is 4. The van der Waals surface area contributed by atoms with E-state index in [-0.39, 0.29) is 25.7 Å². The topological polar surface area (TPSA) is 237 Å². The second kappa shape index (κ2) is 76.4. The number of hydrogen-bond acceptors (Lipinski definition) is 15. The van der Waals surface area contributed by atoms with Crippen molar-refractivity contribution in [3.05, 3.63) is 0 Å². The van der Waals surface area contributed by atoms with E-state index in [0.29, 0.717) is 25.7 Å². The standard InChI is InChI=1S/C85H166O17P2/c1-7-9-11-13-14-15-16-17-18-19-20-21-22-23-24-31-36-41-46-51-57-64-70-85(90)102-81(74-96-83(88)68-62-56-50-45-40-35-30-26-25-28-33-38-43-48-54-59-65-77(3)4)76-100-104(93,94)98-72-79(86)71-97-103(91,92)99-75-80(73-95-82(87)67-61-53-12-10-8-2)101-84(89)69-63-58-52-47-42-37-32-27-29-34-39-44-49-55-60-66-78(5)6/h77-81,86H,7-76H2,1-6H3,(H,91,92)(H,93,94)/t79-,80+,81+/m0/s1. The van der Waals surface area contributed by atoms with Crippen molar-refractivity contribution in [2.45, 2.75) is 471 Å². The van der Waals surface area contributed by atoms with E-state index in [4.69, 9.17) is 37.0 Å². The van der Waals surface area contributed by atoms with Gasteiger partial charge >= 0.3 is 39.5 Å². The van der Waals surface area contributed by atoms with Gasteiger partial charge in [0.1, 0.15) is 19.3 Å². The Morgan fingerprint density at radius 1 is 0.260 bits per heavy atom. The molecular formula is C85H166O17P2. The Kier molecular flexibility index (Phi) is 75.0. The zero-order valence-electron chi connectivity index (χ0n) is 68.3. The number of carbonyl (C=O) groups excluding carboxylic acids is 4. The Labute approximate surface area is 638 Å². The highest BCUT2D eigenvalue weighted by molar-refractivity contribution is 7.47. The molecule has 0 aliphatic rings. The van der Waals surface area contributed by atoms with E-state index in [2.05, 4.69) is 41.5 Å². The van der Waals surface area contributed by atoms with Crippen LogP contribution < -0.4 is 0 Å². The molecule has 0 aliphatic heterocycles. The summed E-state index contributed by atoms with van der Waals surface area (Å²) >= 11 is 0. The number of carbonyl (C=O) groups is 4. The van der Waals surface area contributed by atoms with Gasteiger partial charge in [-0.2, -0.15) is 0 Å². The van der Waals surface area contributed by atoms with Crippen LogP contribution in [0, 0.1) is 11.8 Å². The predicted octanol–water partition coefficient (Wildman–Crippen LogP) is 25.8. The van der Waals surface area contributed by atoms with Crippen molar-refractivity contribution in [1.82, 2.24) is 0 Å². The van der Waals surface area contributed by atoms with Crippen LogP contribution in [-0.4, -0.2) is 96.7 Å². The maximum absolute atomic E-state index is 13.1. The molecular weight excluding hydrogens is 1350 g/mol. The van der Waals surface area contributed by atoms with E-state index in [0.717, 1.165) is 108 Å². The maximum atomic E-state index is 13.1. The quantitative estimate of drug-likeness (QED) is 0.0222. The number of hydrogen-bond donors (Lipinski definition) is 3. The summed E-state index contributed by atoms with van der Waals surface area (Å²) in [7, 11) is -9.91. The SMILES string of the molecule is CCCCCCCCCCCCCCCCCCCCCCCCC(=O)O[C@H](COC(=O)CCCCCCCCCCCCCCCCCCC(C)C)COP(=O)(O)OC[C@@H](O)COP(=O)(O)OC[C@@H](COC(=O)CCCCCCC)OC(=O)CCCCCCCCCCCCCCCCCC(C)C. The lowest BCUT2D eigenvalue weighted by atomic mass is 10.0. The van der Waals surface area contributed by atoms with Gasteiger partial charge in [0.2, 0.25) is 0 Å². The molecule has 3 N–H and O–H groups in total. The third kappa shape index (κ3) is 78.2. The van der Waals surface area contributed by atoms with E-state index in [9.17, 15) is 43.2 Å². The summed E-state index contributed by atoms with van der Waals surface area (Å²) in [6, 6.07) is 0. The van der Waals surface area contributed by atoms with Crippen molar-refractivity contribution in [1.29, 1.82) is 0 Å². The second-order valence-corrected chi connectivity index (χ2v) is 34.4. The van der Waals surface area contributed by atoms with Gasteiger partial charge in [-0.1, -0.05) is 401 Å². The molecule has 0 radical (unpaired) electrons. The molecule has 0 saturated carbocycles. The van der Waals surface area contributed by atoms with Crippen LogP contribution in [0.3, 0.4) is 0 Å². The van der Waals surface area contributed by atoms with E-state index < -0.39 is 97.5 Å². The first-order chi connectivity index (χ1) is 50.4. The minimum Gasteiger partial charge on any atom is -0.462 e. The Balaban J connectivity index is 5.10. The van der Waals surface area contributed by atoms with Gasteiger partial charge in [-0.25, -0.2) is 9.13 Å². The molecule has 0 aliphatic carbocycles. The summed E-state index contributed by atoms with van der Waals surface area (Å²) < 4.78 is 68.6. The molecule has 0 amide bonds. The number of phosphoric acid groups is 2. The van der Waals surface area contributed by atoms with E-state index in [1.54, 1.807) is 0 Å². The van der Waals surface area contributed by atoms with Gasteiger partial charge in [0.15, 0.2) is 12.2 Å². The van der Waals surface area contributed by atoms with E-state index >= 15 is 0 Å². The van der Waals surface area contributed by atoms with Crippen LogP contribution in [0.4, 0.5) is 0 Å². The fourth-order valence-electron chi connectivity index (χ4n) is 13.2. The predicted molar refractivity (Wildman–Crippen MR) is 428 cm³/mol. The molecule has 5 atom stereocenters. The van der Waals surface area contributed by atoms with Crippen LogP contribution in [0.25, 0.3) is 0 Å². The van der Waals surface area contributed by atoms with Gasteiger partial charge in [0.05, 0.1) is 26.4 Å². The monoisotopic (exact) mass is 1520 g/mol. The molecule has 2 unspecified atom stereocenters. The largest absolute Gasteiger partial charge is 0.472 e. The third-order valence-corrected chi connectivity index (χ3v) is 21.9. The molecule has 104 heavy (non-hydrogen) atoms. The zero-order chi connectivity index (χ0) is 76.4. The number of rotatable bonds is 84. The van der Waals surface area contributed by atoms with Crippen molar-refractivity contribution < 1.29 is 80.2 Å². The van der Waals surface area contributed by atoms with Crippen LogP contribution in [0.15, 0.2) is 0 Å². The average molecular weight is 1520 g/mol. The van der Waals surface area contributed by atoms with Crippen molar-refractivity contribution in [3.63, 3.8) is 0 Å². The maximum Gasteiger partial charge on any atom is 0.472 e. The average Bonchev–Trinajstić information content (AvgIpc) is 0.912. The normalized spacial score (nSPS) is 13.8. The van der Waals surface area contributed by atoms with Crippen LogP contribution in [0.5, 0.6) is 0 Å². The van der Waals surface area contributed by atoms with Crippen molar-refractivity contribution >= 4 is 39.5 Å². The van der Waals surface area contributed by atoms with Crippen LogP contribution >= 0.6 is 15.6 Å². The van der Waals surface area contributed by atoms with Crippen LogP contribution in [-0.2, 0) is 65.4 Å². The molecule has 0 saturated heterocycles. The molecule has 0 aromatic carbocycles. The first-order valence-corrected chi connectivity index (χ1v) is 47.0. The lowest BCUT2D eigenvalue weighted by molar-refractivity contribution is -0.161. The van der Waals surface area contributed by atoms with Gasteiger partial charge < -0.3 is 33.8 Å². The number of esters is 4. The molecule has 618 valence electrons. The number of phosphoric ester groups is 2. The van der Waals surface area contributed by atoms with Crippen molar-refractivity contribution in [3.8, 4) is 0 Å². The minimum absolute atomic E-state index is 0.107. The Bertz CT molecular complexity index is 1990. The molecule has 0 fully saturated rings. The molecule has 0 spiro atoms. The summed E-state index contributed by atoms with van der Waals surface area (Å²) in [5, 5.41) is 10.6. The van der Waals surface area contributed by atoms with Gasteiger partial charge in [-0.3, -0.25) is 37.3 Å². The molecule has 0 rings (SSSR count). The third-order valence-electron chi connectivity index (χ3n) is 20.0. The van der Waals surface area contributed by atoms with E-state index in [1.807, 2.05) is 0 Å². The highest BCUT2D eigenvalue weighted by atomic mass is 31.2. The first kappa shape index (κ1) is 102. The number of aliphatic hydroxyl groups is 1. The van der Waals surface area contributed by atoms with Crippen LogP contribution in [0.2, 0.25) is 0 Å². The number of aliphatic hydroxyl groups excluding tert-OH is 1. The zero-order valence-corrected chi connectivity index (χ0v) is 70.1. The molecule has 19 heteroatoms. The Morgan fingerprint density at radius 3 is 0.654 bits per heavy atom. The highest BCUT2D eigenvalue weighted by Crippen LogP contribution is 2.45. The fraction of sp³-hybridized carbons (Fsp3) is 0.953. The van der Waals surface area contributed by atoms with E-state index in [1.165, 1.54) is 263 Å². The molecule has 0 aromatic rings. The summed E-state index contributed by atoms with van der Waals surface area (Å²) in [6.45, 7) is 9.62. The molecule has 0 aromatic heterocycles. The molecule has 0 heterocycles. The van der Waals surface area contributed by atoms with Crippen molar-refractivity contribution in [2.24, 2.45) is 11.8 Å². The molecule has 0 bridgehead atoms. The fourth-order valence-corrected chi connectivity index (χ4v) is 14.8. The first-order valence-electron chi connectivity index (χ1n) is 44.0. The lowest BCUT2D eigenvalue weighted by Crippen LogP contribution is -2.30. The summed E-state index contributed by atoms with van der Waals surface area (Å²) in [6.07, 6.45) is 68.6. The Morgan fingerprint density at radius 2 is 0.442 bits per heavy atom. The molecule has 17 nitrogen and oxygen atoms in total. The number of unbranched alkanes of at least 4 members (excludes halogenated alkanes) is 54. The van der Waals surface area contributed by atoms with Crippen LogP contribution in [0.1, 0.15) is 452 Å². The lowest BCUT2D eigenvalue weighted by Gasteiger charge is -2.21. The highest BCUT2D eigenvalue weighted by Gasteiger charge is 2.30. The van der Waals surface area contributed by atoms with Gasteiger partial charge in [-0.05, 0) is 37.5 Å². The second-order valence-electron chi connectivity index (χ2n) is 31.5. The van der Waals surface area contributed by atoms with Gasteiger partial charge in [0, 0.05) is 25.7 Å². The smallest absolute Gasteiger partial charge is 0.462 e. The summed E-state index contributed by atoms with van der Waals surface area (Å²) in [5.41, 5.74) is 0. The van der Waals surface area contributed by atoms with Crippen molar-refractivity contribution in [2.75, 3.05) is 39.6 Å². The Hall–Kier alpha value is -1.94. The summed E-state index contributed by atoms with van der Waals surface area (Å²) in [4.78, 5) is 72.9. The van der Waals surface area contributed by atoms with Gasteiger partial charge in [-0.15, -0.1) is 0 Å².